The van der Waals surface area contributed by atoms with Crippen LogP contribution in [0.4, 0.5) is 0 Å². The molecule has 0 fully saturated rings. The topological polar surface area (TPSA) is 87.5 Å². The molecule has 0 aliphatic heterocycles. The van der Waals surface area contributed by atoms with Crippen LogP contribution in [-0.4, -0.2) is 40.6 Å². The van der Waals surface area contributed by atoms with E-state index < -0.39 is 6.10 Å². The number of ether oxygens (including phenoxy) is 3. The average molecular weight is 505 g/mol. The largest absolute Gasteiger partial charge is 0.497 e. The van der Waals surface area contributed by atoms with Crippen LogP contribution in [0.5, 0.6) is 17.2 Å². The summed E-state index contributed by atoms with van der Waals surface area (Å²) in [5.41, 5.74) is 1.88. The summed E-state index contributed by atoms with van der Waals surface area (Å²) in [6.45, 7) is 2.35. The molecule has 1 N–H and O–H groups in total. The SMILES string of the molecule is COc1ccc(CNC(=O)CSc2nnc(C(C)Oc3cccc(OC)c3)n2-c2ccccc2)cc1. The molecule has 1 aromatic heterocycles. The van der Waals surface area contributed by atoms with E-state index in [1.165, 1.54) is 11.8 Å². The van der Waals surface area contributed by atoms with Crippen molar-refractivity contribution in [3.05, 3.63) is 90.3 Å². The second kappa shape index (κ2) is 12.1. The molecule has 1 atom stereocenters. The Bertz CT molecular complexity index is 1280. The van der Waals surface area contributed by atoms with Crippen molar-refractivity contribution in [2.75, 3.05) is 20.0 Å². The zero-order valence-electron chi connectivity index (χ0n) is 20.4. The fourth-order valence-electron chi connectivity index (χ4n) is 3.51. The highest BCUT2D eigenvalue weighted by atomic mass is 32.2. The van der Waals surface area contributed by atoms with Crippen molar-refractivity contribution in [1.29, 1.82) is 0 Å². The number of hydrogen-bond donors (Lipinski definition) is 1. The first-order valence-corrected chi connectivity index (χ1v) is 12.4. The number of benzene rings is 3. The molecule has 0 radical (unpaired) electrons. The number of para-hydroxylation sites is 1. The van der Waals surface area contributed by atoms with E-state index in [0.717, 1.165) is 17.0 Å². The van der Waals surface area contributed by atoms with Gasteiger partial charge in [0.05, 0.1) is 20.0 Å². The second-order valence-corrected chi connectivity index (χ2v) is 8.81. The summed E-state index contributed by atoms with van der Waals surface area (Å²) in [6.07, 6.45) is -0.400. The summed E-state index contributed by atoms with van der Waals surface area (Å²) in [6, 6.07) is 24.8. The van der Waals surface area contributed by atoms with Crippen LogP contribution >= 0.6 is 11.8 Å². The molecule has 8 nitrogen and oxygen atoms in total. The van der Waals surface area contributed by atoms with Crippen LogP contribution in [0.1, 0.15) is 24.4 Å². The maximum Gasteiger partial charge on any atom is 0.230 e. The maximum atomic E-state index is 12.6. The lowest BCUT2D eigenvalue weighted by Crippen LogP contribution is -2.24. The third kappa shape index (κ3) is 6.37. The van der Waals surface area contributed by atoms with Crippen LogP contribution in [0, 0.1) is 0 Å². The fourth-order valence-corrected chi connectivity index (χ4v) is 4.30. The molecular weight excluding hydrogens is 476 g/mol. The minimum atomic E-state index is -0.400. The Morgan fingerprint density at radius 1 is 0.917 bits per heavy atom. The summed E-state index contributed by atoms with van der Waals surface area (Å²) < 4.78 is 18.5. The summed E-state index contributed by atoms with van der Waals surface area (Å²) in [5.74, 6) is 2.89. The molecule has 0 aliphatic rings. The predicted octanol–water partition coefficient (Wildman–Crippen LogP) is 4.83. The van der Waals surface area contributed by atoms with E-state index in [1.54, 1.807) is 14.2 Å². The van der Waals surface area contributed by atoms with Gasteiger partial charge in [-0.2, -0.15) is 0 Å². The van der Waals surface area contributed by atoms with Gasteiger partial charge in [0.1, 0.15) is 17.2 Å². The van der Waals surface area contributed by atoms with Crippen molar-refractivity contribution < 1.29 is 19.0 Å². The van der Waals surface area contributed by atoms with Crippen LogP contribution < -0.4 is 19.5 Å². The molecule has 1 unspecified atom stereocenters. The molecule has 0 aliphatic carbocycles. The number of nitrogens with one attached hydrogen (secondary N) is 1. The van der Waals surface area contributed by atoms with Gasteiger partial charge in [0.2, 0.25) is 5.91 Å². The van der Waals surface area contributed by atoms with Crippen molar-refractivity contribution >= 4 is 17.7 Å². The summed E-state index contributed by atoms with van der Waals surface area (Å²) >= 11 is 1.32. The van der Waals surface area contributed by atoms with Gasteiger partial charge in [-0.25, -0.2) is 0 Å². The molecule has 1 heterocycles. The van der Waals surface area contributed by atoms with E-state index in [0.29, 0.717) is 29.0 Å². The second-order valence-electron chi connectivity index (χ2n) is 7.86. The number of hydrogen-bond acceptors (Lipinski definition) is 7. The van der Waals surface area contributed by atoms with Gasteiger partial charge in [0, 0.05) is 18.3 Å². The standard InChI is InChI=1S/C27H28N4O4S/c1-19(35-24-11-7-10-23(16-24)34-3)26-29-30-27(31(26)21-8-5-4-6-9-21)36-18-25(32)28-17-20-12-14-22(33-2)15-13-20/h4-16,19H,17-18H2,1-3H3,(H,28,32). The minimum Gasteiger partial charge on any atom is -0.497 e. The van der Waals surface area contributed by atoms with Crippen molar-refractivity contribution in [3.63, 3.8) is 0 Å². The van der Waals surface area contributed by atoms with Gasteiger partial charge in [-0.3, -0.25) is 9.36 Å². The molecular formula is C27H28N4O4S. The third-order valence-electron chi connectivity index (χ3n) is 5.37. The van der Waals surface area contributed by atoms with E-state index in [4.69, 9.17) is 14.2 Å². The quantitative estimate of drug-likeness (QED) is 0.293. The number of rotatable bonds is 11. The molecule has 0 saturated carbocycles. The third-order valence-corrected chi connectivity index (χ3v) is 6.30. The van der Waals surface area contributed by atoms with Crippen LogP contribution in [-0.2, 0) is 11.3 Å². The zero-order chi connectivity index (χ0) is 25.3. The molecule has 3 aromatic carbocycles. The van der Waals surface area contributed by atoms with Crippen molar-refractivity contribution in [1.82, 2.24) is 20.1 Å². The molecule has 9 heteroatoms. The maximum absolute atomic E-state index is 12.6. The van der Waals surface area contributed by atoms with Gasteiger partial charge in [0.25, 0.3) is 0 Å². The Kier molecular flexibility index (Phi) is 8.46. The van der Waals surface area contributed by atoms with Crippen LogP contribution in [0.25, 0.3) is 5.69 Å². The average Bonchev–Trinajstić information content (AvgIpc) is 3.36. The van der Waals surface area contributed by atoms with Gasteiger partial charge in [-0.1, -0.05) is 48.2 Å². The Morgan fingerprint density at radius 2 is 1.64 bits per heavy atom. The minimum absolute atomic E-state index is 0.0966. The number of carbonyl (C=O) groups excluding carboxylic acids is 1. The Hall–Kier alpha value is -3.98. The van der Waals surface area contributed by atoms with Crippen LogP contribution in [0.15, 0.2) is 84.0 Å². The van der Waals surface area contributed by atoms with Crippen LogP contribution in [0.3, 0.4) is 0 Å². The highest BCUT2D eigenvalue weighted by molar-refractivity contribution is 7.99. The molecule has 186 valence electrons. The number of methoxy groups -OCH3 is 2. The summed E-state index contributed by atoms with van der Waals surface area (Å²) in [5, 5.41) is 12.3. The first-order chi connectivity index (χ1) is 17.6. The number of nitrogens with zero attached hydrogens (tertiary/aromatic N) is 3. The van der Waals surface area contributed by atoms with E-state index in [-0.39, 0.29) is 11.7 Å². The molecule has 1 amide bonds. The normalized spacial score (nSPS) is 11.5. The molecule has 0 spiro atoms. The van der Waals surface area contributed by atoms with Crippen molar-refractivity contribution in [3.8, 4) is 22.9 Å². The first kappa shape index (κ1) is 25.1. The van der Waals surface area contributed by atoms with Crippen molar-refractivity contribution in [2.24, 2.45) is 0 Å². The lowest BCUT2D eigenvalue weighted by atomic mass is 10.2. The molecule has 4 rings (SSSR count). The molecule has 36 heavy (non-hydrogen) atoms. The fraction of sp³-hybridized carbons (Fsp3) is 0.222. The summed E-state index contributed by atoms with van der Waals surface area (Å²) in [7, 11) is 3.24. The Morgan fingerprint density at radius 3 is 2.36 bits per heavy atom. The number of thioether (sulfide) groups is 1. The number of amides is 1. The number of carbonyl (C=O) groups is 1. The van der Waals surface area contributed by atoms with Gasteiger partial charge in [-0.15, -0.1) is 10.2 Å². The van der Waals surface area contributed by atoms with E-state index in [1.807, 2.05) is 90.4 Å². The number of aromatic nitrogens is 3. The predicted molar refractivity (Wildman–Crippen MR) is 139 cm³/mol. The zero-order valence-corrected chi connectivity index (χ0v) is 21.2. The highest BCUT2D eigenvalue weighted by Crippen LogP contribution is 2.29. The Labute approximate surface area is 214 Å². The van der Waals surface area contributed by atoms with E-state index in [9.17, 15) is 4.79 Å². The monoisotopic (exact) mass is 504 g/mol. The van der Waals surface area contributed by atoms with Crippen molar-refractivity contribution in [2.45, 2.75) is 24.7 Å². The van der Waals surface area contributed by atoms with Crippen LogP contribution in [0.2, 0.25) is 0 Å². The molecule has 0 saturated heterocycles. The van der Waals surface area contributed by atoms with Gasteiger partial charge in [-0.05, 0) is 48.9 Å². The highest BCUT2D eigenvalue weighted by Gasteiger charge is 2.21. The van der Waals surface area contributed by atoms with Gasteiger partial charge < -0.3 is 19.5 Å². The van der Waals surface area contributed by atoms with Gasteiger partial charge in [0.15, 0.2) is 17.1 Å². The van der Waals surface area contributed by atoms with E-state index in [2.05, 4.69) is 15.5 Å². The molecule has 0 bridgehead atoms. The van der Waals surface area contributed by atoms with E-state index >= 15 is 0 Å². The summed E-state index contributed by atoms with van der Waals surface area (Å²) in [4.78, 5) is 12.6. The lowest BCUT2D eigenvalue weighted by Gasteiger charge is -2.17. The Balaban J connectivity index is 1.46. The lowest BCUT2D eigenvalue weighted by molar-refractivity contribution is -0.118. The molecule has 4 aromatic rings. The van der Waals surface area contributed by atoms with Gasteiger partial charge >= 0.3 is 0 Å². The smallest absolute Gasteiger partial charge is 0.230 e. The first-order valence-electron chi connectivity index (χ1n) is 11.4.